The highest BCUT2D eigenvalue weighted by molar-refractivity contribution is 5.94. The van der Waals surface area contributed by atoms with Crippen molar-refractivity contribution in [2.24, 2.45) is 11.7 Å². The Balaban J connectivity index is 2.60. The Morgan fingerprint density at radius 3 is 2.32 bits per heavy atom. The van der Waals surface area contributed by atoms with Crippen molar-refractivity contribution in [3.05, 3.63) is 24.3 Å². The zero-order chi connectivity index (χ0) is 14.4. The summed E-state index contributed by atoms with van der Waals surface area (Å²) in [7, 11) is 0. The smallest absolute Gasteiger partial charge is 0.241 e. The number of rotatable bonds is 6. The molecule has 1 aromatic rings. The Morgan fingerprint density at radius 1 is 1.26 bits per heavy atom. The highest BCUT2D eigenvalue weighted by atomic mass is 16.5. The van der Waals surface area contributed by atoms with Gasteiger partial charge in [0.05, 0.1) is 12.1 Å². The summed E-state index contributed by atoms with van der Waals surface area (Å²) in [6.07, 6.45) is 1.02. The van der Waals surface area contributed by atoms with Crippen molar-refractivity contribution in [1.82, 2.24) is 0 Å². The van der Waals surface area contributed by atoms with Gasteiger partial charge < -0.3 is 15.8 Å². The highest BCUT2D eigenvalue weighted by Gasteiger charge is 2.19. The van der Waals surface area contributed by atoms with Crippen molar-refractivity contribution >= 4 is 11.6 Å². The summed E-state index contributed by atoms with van der Waals surface area (Å²) in [6, 6.07) is 6.84. The molecule has 1 aromatic carbocycles. The second-order valence-electron chi connectivity index (χ2n) is 5.09. The molecule has 0 spiro atoms. The average molecular weight is 264 g/mol. The van der Waals surface area contributed by atoms with Crippen LogP contribution in [0.25, 0.3) is 0 Å². The molecule has 0 heterocycles. The zero-order valence-corrected chi connectivity index (χ0v) is 12.1. The molecule has 0 aliphatic carbocycles. The first kappa shape index (κ1) is 15.5. The molecule has 2 atom stereocenters. The number of ether oxygens (including phenoxy) is 1. The van der Waals surface area contributed by atoms with Crippen molar-refractivity contribution in [2.45, 2.75) is 46.3 Å². The highest BCUT2D eigenvalue weighted by Crippen LogP contribution is 2.17. The van der Waals surface area contributed by atoms with Gasteiger partial charge in [0.15, 0.2) is 0 Å². The minimum absolute atomic E-state index is 0.138. The van der Waals surface area contributed by atoms with Gasteiger partial charge in [-0.2, -0.15) is 0 Å². The SMILES string of the molecule is CC[C@H](C)[C@H](N)C(=O)Nc1ccc(OC(C)C)cc1. The van der Waals surface area contributed by atoms with Crippen molar-refractivity contribution < 1.29 is 9.53 Å². The van der Waals surface area contributed by atoms with E-state index in [1.54, 1.807) is 0 Å². The van der Waals surface area contributed by atoms with E-state index in [9.17, 15) is 4.79 Å². The lowest BCUT2D eigenvalue weighted by molar-refractivity contribution is -0.118. The summed E-state index contributed by atoms with van der Waals surface area (Å²) < 4.78 is 5.54. The Labute approximate surface area is 115 Å². The maximum absolute atomic E-state index is 11.9. The Bertz CT molecular complexity index is 401. The van der Waals surface area contributed by atoms with Gasteiger partial charge in [0.2, 0.25) is 5.91 Å². The first-order valence-corrected chi connectivity index (χ1v) is 6.77. The second kappa shape index (κ2) is 7.14. The molecule has 19 heavy (non-hydrogen) atoms. The van der Waals surface area contributed by atoms with Crippen LogP contribution in [0.15, 0.2) is 24.3 Å². The van der Waals surface area contributed by atoms with Crippen LogP contribution in [0.3, 0.4) is 0 Å². The van der Waals surface area contributed by atoms with E-state index in [4.69, 9.17) is 10.5 Å². The molecule has 0 aliphatic heterocycles. The number of benzene rings is 1. The van der Waals surface area contributed by atoms with E-state index in [2.05, 4.69) is 5.32 Å². The summed E-state index contributed by atoms with van der Waals surface area (Å²) >= 11 is 0. The van der Waals surface area contributed by atoms with Crippen LogP contribution in [0.4, 0.5) is 5.69 Å². The summed E-state index contributed by atoms with van der Waals surface area (Å²) in [4.78, 5) is 11.9. The van der Waals surface area contributed by atoms with E-state index in [0.717, 1.165) is 17.9 Å². The fourth-order valence-corrected chi connectivity index (χ4v) is 1.63. The molecule has 4 nitrogen and oxygen atoms in total. The molecule has 0 unspecified atom stereocenters. The maximum Gasteiger partial charge on any atom is 0.241 e. The molecule has 0 saturated heterocycles. The van der Waals surface area contributed by atoms with Gasteiger partial charge in [0.1, 0.15) is 5.75 Å². The topological polar surface area (TPSA) is 64.4 Å². The Kier molecular flexibility index (Phi) is 5.83. The normalized spacial score (nSPS) is 14.0. The van der Waals surface area contributed by atoms with Gasteiger partial charge in [0, 0.05) is 5.69 Å². The number of nitrogens with one attached hydrogen (secondary N) is 1. The fourth-order valence-electron chi connectivity index (χ4n) is 1.63. The third-order valence-corrected chi connectivity index (χ3v) is 3.05. The summed E-state index contributed by atoms with van der Waals surface area (Å²) in [5, 5.41) is 2.82. The van der Waals surface area contributed by atoms with E-state index >= 15 is 0 Å². The van der Waals surface area contributed by atoms with Crippen LogP contribution in [0.1, 0.15) is 34.1 Å². The molecule has 1 amide bonds. The Morgan fingerprint density at radius 2 is 1.84 bits per heavy atom. The molecule has 0 radical (unpaired) electrons. The lowest BCUT2D eigenvalue weighted by Gasteiger charge is -2.18. The molecule has 106 valence electrons. The molecule has 0 saturated carbocycles. The molecule has 0 bridgehead atoms. The van der Waals surface area contributed by atoms with Gasteiger partial charge in [-0.15, -0.1) is 0 Å². The van der Waals surface area contributed by atoms with Gasteiger partial charge in [-0.1, -0.05) is 20.3 Å². The van der Waals surface area contributed by atoms with Crippen molar-refractivity contribution in [3.63, 3.8) is 0 Å². The molecular formula is C15H24N2O2. The first-order chi connectivity index (χ1) is 8.93. The summed E-state index contributed by atoms with van der Waals surface area (Å²) in [6.45, 7) is 7.95. The van der Waals surface area contributed by atoms with Crippen LogP contribution in [0.5, 0.6) is 5.75 Å². The fraction of sp³-hybridized carbons (Fsp3) is 0.533. The zero-order valence-electron chi connectivity index (χ0n) is 12.1. The lowest BCUT2D eigenvalue weighted by atomic mass is 9.99. The van der Waals surface area contributed by atoms with Crippen molar-refractivity contribution in [2.75, 3.05) is 5.32 Å². The molecule has 1 rings (SSSR count). The number of hydrogen-bond acceptors (Lipinski definition) is 3. The maximum atomic E-state index is 11.9. The minimum Gasteiger partial charge on any atom is -0.491 e. The number of carbonyl (C=O) groups excluding carboxylic acids is 1. The van der Waals surface area contributed by atoms with Gasteiger partial charge in [-0.05, 0) is 44.0 Å². The van der Waals surface area contributed by atoms with E-state index in [1.165, 1.54) is 0 Å². The van der Waals surface area contributed by atoms with Gasteiger partial charge in [-0.3, -0.25) is 4.79 Å². The van der Waals surface area contributed by atoms with E-state index < -0.39 is 6.04 Å². The standard InChI is InChI=1S/C15H24N2O2/c1-5-11(4)14(16)15(18)17-12-6-8-13(9-7-12)19-10(2)3/h6-11,14H,5,16H2,1-4H3,(H,17,18)/t11-,14-/m0/s1. The van der Waals surface area contributed by atoms with E-state index in [1.807, 2.05) is 52.0 Å². The molecule has 0 aliphatic rings. The van der Waals surface area contributed by atoms with Crippen LogP contribution in [-0.4, -0.2) is 18.1 Å². The predicted molar refractivity (Wildman–Crippen MR) is 78.3 cm³/mol. The first-order valence-electron chi connectivity index (χ1n) is 6.77. The second-order valence-corrected chi connectivity index (χ2v) is 5.09. The molecular weight excluding hydrogens is 240 g/mol. The van der Waals surface area contributed by atoms with Crippen molar-refractivity contribution in [3.8, 4) is 5.75 Å². The quantitative estimate of drug-likeness (QED) is 0.830. The molecule has 0 aromatic heterocycles. The number of nitrogens with two attached hydrogens (primary N) is 1. The van der Waals surface area contributed by atoms with E-state index in [-0.39, 0.29) is 17.9 Å². The van der Waals surface area contributed by atoms with Gasteiger partial charge >= 0.3 is 0 Å². The minimum atomic E-state index is -0.475. The summed E-state index contributed by atoms with van der Waals surface area (Å²) in [5.74, 6) is 0.814. The number of anilines is 1. The molecule has 3 N–H and O–H groups in total. The largest absolute Gasteiger partial charge is 0.491 e. The van der Waals surface area contributed by atoms with Crippen LogP contribution in [-0.2, 0) is 4.79 Å². The van der Waals surface area contributed by atoms with Gasteiger partial charge in [0.25, 0.3) is 0 Å². The Hall–Kier alpha value is -1.55. The molecule has 4 heteroatoms. The van der Waals surface area contributed by atoms with Crippen LogP contribution in [0.2, 0.25) is 0 Å². The average Bonchev–Trinajstić information content (AvgIpc) is 2.38. The monoisotopic (exact) mass is 264 g/mol. The lowest BCUT2D eigenvalue weighted by Crippen LogP contribution is -2.40. The third kappa shape index (κ3) is 4.91. The summed E-state index contributed by atoms with van der Waals surface area (Å²) in [5.41, 5.74) is 6.61. The van der Waals surface area contributed by atoms with Gasteiger partial charge in [-0.25, -0.2) is 0 Å². The number of carbonyl (C=O) groups is 1. The number of hydrogen-bond donors (Lipinski definition) is 2. The predicted octanol–water partition coefficient (Wildman–Crippen LogP) is 2.79. The number of amides is 1. The third-order valence-electron chi connectivity index (χ3n) is 3.05. The van der Waals surface area contributed by atoms with Crippen LogP contribution < -0.4 is 15.8 Å². The van der Waals surface area contributed by atoms with E-state index in [0.29, 0.717) is 0 Å². The van der Waals surface area contributed by atoms with Crippen LogP contribution >= 0.6 is 0 Å². The van der Waals surface area contributed by atoms with Crippen LogP contribution in [0, 0.1) is 5.92 Å². The molecule has 0 fully saturated rings. The van der Waals surface area contributed by atoms with Crippen molar-refractivity contribution in [1.29, 1.82) is 0 Å².